The standard InChI is InChI=1S/C23H29N7O2/c1-15-11-12-17-8-5-6-9-18(17)30(15)19(32)10-4-3-7-13-24-21-20-22(26-14-25-20)29-23(28-21)27-16(2)31/h5-6,8-9,14-15H,3-4,7,10-13H2,1-2H3,(H3,24,25,26,27,28,29,31)/t15-/m0/s1. The number of imidazole rings is 1. The van der Waals surface area contributed by atoms with Crippen molar-refractivity contribution in [2.75, 3.05) is 22.1 Å². The number of aryl methyl sites for hydroxylation is 1. The van der Waals surface area contributed by atoms with Gasteiger partial charge in [-0.05, 0) is 44.2 Å². The van der Waals surface area contributed by atoms with Gasteiger partial charge in [0.25, 0.3) is 0 Å². The predicted molar refractivity (Wildman–Crippen MR) is 125 cm³/mol. The summed E-state index contributed by atoms with van der Waals surface area (Å²) in [6, 6.07) is 8.46. The van der Waals surface area contributed by atoms with Crippen LogP contribution in [-0.2, 0) is 16.0 Å². The summed E-state index contributed by atoms with van der Waals surface area (Å²) in [6.45, 7) is 4.24. The van der Waals surface area contributed by atoms with E-state index in [1.807, 2.05) is 17.0 Å². The fourth-order valence-electron chi connectivity index (χ4n) is 4.15. The van der Waals surface area contributed by atoms with E-state index in [9.17, 15) is 9.59 Å². The van der Waals surface area contributed by atoms with Crippen LogP contribution in [0.25, 0.3) is 11.2 Å². The SMILES string of the molecule is CC(=O)Nc1nc(NCCCCCC(=O)N2c3ccccc3CC[C@@H]2C)c2[nH]cnc2n1. The molecule has 0 saturated heterocycles. The maximum absolute atomic E-state index is 12.9. The van der Waals surface area contributed by atoms with Crippen molar-refractivity contribution in [1.29, 1.82) is 0 Å². The molecule has 32 heavy (non-hydrogen) atoms. The highest BCUT2D eigenvalue weighted by Crippen LogP contribution is 2.31. The van der Waals surface area contributed by atoms with Crippen LogP contribution in [0.4, 0.5) is 17.5 Å². The zero-order chi connectivity index (χ0) is 22.5. The molecule has 0 aliphatic carbocycles. The van der Waals surface area contributed by atoms with Gasteiger partial charge < -0.3 is 15.2 Å². The van der Waals surface area contributed by atoms with Crippen molar-refractivity contribution < 1.29 is 9.59 Å². The average molecular weight is 436 g/mol. The van der Waals surface area contributed by atoms with Crippen molar-refractivity contribution in [3.8, 4) is 0 Å². The summed E-state index contributed by atoms with van der Waals surface area (Å²) in [5, 5.41) is 5.88. The number of para-hydroxylation sites is 1. The Balaban J connectivity index is 1.26. The monoisotopic (exact) mass is 435 g/mol. The molecule has 3 N–H and O–H groups in total. The van der Waals surface area contributed by atoms with Crippen LogP contribution in [0.3, 0.4) is 0 Å². The molecule has 4 rings (SSSR count). The van der Waals surface area contributed by atoms with Crippen LogP contribution in [-0.4, -0.2) is 44.3 Å². The van der Waals surface area contributed by atoms with E-state index in [0.29, 0.717) is 29.9 Å². The number of aromatic nitrogens is 4. The van der Waals surface area contributed by atoms with E-state index in [0.717, 1.165) is 37.8 Å². The van der Waals surface area contributed by atoms with Gasteiger partial charge in [0.1, 0.15) is 5.52 Å². The quantitative estimate of drug-likeness (QED) is 0.465. The molecule has 0 fully saturated rings. The molecule has 2 amide bonds. The second-order valence-corrected chi connectivity index (χ2v) is 8.20. The Morgan fingerprint density at radius 1 is 1.19 bits per heavy atom. The van der Waals surface area contributed by atoms with Gasteiger partial charge in [0.15, 0.2) is 11.5 Å². The van der Waals surface area contributed by atoms with E-state index < -0.39 is 0 Å². The van der Waals surface area contributed by atoms with Gasteiger partial charge in [0.2, 0.25) is 17.8 Å². The van der Waals surface area contributed by atoms with Gasteiger partial charge in [-0.15, -0.1) is 0 Å². The molecule has 0 spiro atoms. The normalized spacial score (nSPS) is 15.4. The van der Waals surface area contributed by atoms with Crippen LogP contribution in [0.1, 0.15) is 51.5 Å². The van der Waals surface area contributed by atoms with Crippen molar-refractivity contribution in [3.63, 3.8) is 0 Å². The number of carbonyl (C=O) groups is 2. The predicted octanol–water partition coefficient (Wildman–Crippen LogP) is 3.65. The summed E-state index contributed by atoms with van der Waals surface area (Å²) in [7, 11) is 0. The molecular formula is C23H29N7O2. The van der Waals surface area contributed by atoms with Crippen LogP contribution in [0.5, 0.6) is 0 Å². The topological polar surface area (TPSA) is 116 Å². The minimum absolute atomic E-state index is 0.201. The second kappa shape index (κ2) is 9.76. The van der Waals surface area contributed by atoms with E-state index in [4.69, 9.17) is 0 Å². The zero-order valence-corrected chi connectivity index (χ0v) is 18.5. The van der Waals surface area contributed by atoms with Crippen LogP contribution in [0.2, 0.25) is 0 Å². The molecule has 1 atom stereocenters. The average Bonchev–Trinajstić information content (AvgIpc) is 3.24. The van der Waals surface area contributed by atoms with Crippen LogP contribution in [0, 0.1) is 0 Å². The first-order chi connectivity index (χ1) is 15.5. The number of carbonyl (C=O) groups excluding carboxylic acids is 2. The Morgan fingerprint density at radius 3 is 2.88 bits per heavy atom. The number of benzene rings is 1. The molecule has 1 aliphatic heterocycles. The molecule has 0 bridgehead atoms. The van der Waals surface area contributed by atoms with Crippen LogP contribution >= 0.6 is 0 Å². The maximum atomic E-state index is 12.9. The summed E-state index contributed by atoms with van der Waals surface area (Å²) in [5.74, 6) is 0.792. The number of nitrogens with zero attached hydrogens (tertiary/aromatic N) is 4. The van der Waals surface area contributed by atoms with Crippen molar-refractivity contribution in [3.05, 3.63) is 36.2 Å². The minimum Gasteiger partial charge on any atom is -0.368 e. The summed E-state index contributed by atoms with van der Waals surface area (Å²) in [4.78, 5) is 42.0. The minimum atomic E-state index is -0.235. The Morgan fingerprint density at radius 2 is 2.03 bits per heavy atom. The number of hydrogen-bond acceptors (Lipinski definition) is 6. The number of nitrogens with one attached hydrogen (secondary N) is 3. The summed E-state index contributed by atoms with van der Waals surface area (Å²) in [6.07, 6.45) is 6.80. The molecule has 168 valence electrons. The molecule has 0 saturated carbocycles. The van der Waals surface area contributed by atoms with Gasteiger partial charge in [-0.2, -0.15) is 9.97 Å². The van der Waals surface area contributed by atoms with Gasteiger partial charge in [-0.1, -0.05) is 24.6 Å². The third-order valence-corrected chi connectivity index (χ3v) is 5.73. The number of unbranched alkanes of at least 4 members (excludes halogenated alkanes) is 2. The van der Waals surface area contributed by atoms with Crippen molar-refractivity contribution in [2.24, 2.45) is 0 Å². The van der Waals surface area contributed by atoms with Gasteiger partial charge >= 0.3 is 0 Å². The first kappa shape index (κ1) is 21.7. The lowest BCUT2D eigenvalue weighted by atomic mass is 9.96. The maximum Gasteiger partial charge on any atom is 0.233 e. The third-order valence-electron chi connectivity index (χ3n) is 5.73. The van der Waals surface area contributed by atoms with Gasteiger partial charge in [-0.3, -0.25) is 14.9 Å². The molecule has 0 unspecified atom stereocenters. The van der Waals surface area contributed by atoms with E-state index in [2.05, 4.69) is 49.6 Å². The Bertz CT molecular complexity index is 1110. The smallest absolute Gasteiger partial charge is 0.233 e. The lowest BCUT2D eigenvalue weighted by Crippen LogP contribution is -2.42. The number of fused-ring (bicyclic) bond motifs is 2. The molecule has 2 aromatic heterocycles. The molecule has 3 aromatic rings. The number of rotatable bonds is 8. The van der Waals surface area contributed by atoms with E-state index >= 15 is 0 Å². The Hall–Kier alpha value is -3.49. The summed E-state index contributed by atoms with van der Waals surface area (Å²) < 4.78 is 0. The van der Waals surface area contributed by atoms with Crippen molar-refractivity contribution in [2.45, 2.75) is 58.4 Å². The number of aromatic amines is 1. The summed E-state index contributed by atoms with van der Waals surface area (Å²) >= 11 is 0. The fraction of sp³-hybridized carbons (Fsp3) is 0.435. The third kappa shape index (κ3) is 4.87. The first-order valence-corrected chi connectivity index (χ1v) is 11.2. The highest BCUT2D eigenvalue weighted by Gasteiger charge is 2.27. The Labute approximate surface area is 187 Å². The van der Waals surface area contributed by atoms with Crippen LogP contribution < -0.4 is 15.5 Å². The second-order valence-electron chi connectivity index (χ2n) is 8.20. The zero-order valence-electron chi connectivity index (χ0n) is 18.5. The lowest BCUT2D eigenvalue weighted by Gasteiger charge is -2.35. The Kier molecular flexibility index (Phi) is 6.63. The van der Waals surface area contributed by atoms with Gasteiger partial charge in [-0.25, -0.2) is 4.98 Å². The van der Waals surface area contributed by atoms with E-state index in [-0.39, 0.29) is 23.8 Å². The highest BCUT2D eigenvalue weighted by atomic mass is 16.2. The number of hydrogen-bond donors (Lipinski definition) is 3. The van der Waals surface area contributed by atoms with Gasteiger partial charge in [0.05, 0.1) is 6.33 Å². The fourth-order valence-corrected chi connectivity index (χ4v) is 4.15. The van der Waals surface area contributed by atoms with Crippen molar-refractivity contribution >= 4 is 40.4 Å². The van der Waals surface area contributed by atoms with Crippen molar-refractivity contribution in [1.82, 2.24) is 19.9 Å². The van der Waals surface area contributed by atoms with Crippen LogP contribution in [0.15, 0.2) is 30.6 Å². The number of amides is 2. The highest BCUT2D eigenvalue weighted by molar-refractivity contribution is 5.95. The van der Waals surface area contributed by atoms with Gasteiger partial charge in [0, 0.05) is 31.6 Å². The largest absolute Gasteiger partial charge is 0.368 e. The number of anilines is 3. The van der Waals surface area contributed by atoms with E-state index in [1.54, 1.807) is 6.33 Å². The molecule has 0 radical (unpaired) electrons. The van der Waals surface area contributed by atoms with E-state index in [1.165, 1.54) is 12.5 Å². The molecule has 9 heteroatoms. The molecule has 1 aliphatic rings. The molecule has 3 heterocycles. The number of H-pyrrole nitrogens is 1. The summed E-state index contributed by atoms with van der Waals surface area (Å²) in [5.41, 5.74) is 3.52. The molecular weight excluding hydrogens is 406 g/mol. The first-order valence-electron chi connectivity index (χ1n) is 11.2. The lowest BCUT2D eigenvalue weighted by molar-refractivity contribution is -0.119. The molecule has 1 aromatic carbocycles. The molecule has 9 nitrogen and oxygen atoms in total.